The fraction of sp³-hybridized carbons (Fsp3) is 0.538. The minimum Gasteiger partial charge on any atom is -0.317 e. The SMILES string of the molecule is CNC(CCc1cc(F)ccc1F)C1CC1. The molecule has 1 aromatic carbocycles. The molecule has 1 N–H and O–H groups in total. The number of aryl methyl sites for hydroxylation is 1. The molecular formula is C13H17F2N. The lowest BCUT2D eigenvalue weighted by molar-refractivity contribution is 0.464. The first-order valence-corrected chi connectivity index (χ1v) is 5.82. The van der Waals surface area contributed by atoms with Gasteiger partial charge in [0.05, 0.1) is 0 Å². The standard InChI is InChI=1S/C13H17F2N/c1-16-13(9-2-3-9)7-4-10-8-11(14)5-6-12(10)15/h5-6,8-9,13,16H,2-4,7H2,1H3. The quantitative estimate of drug-likeness (QED) is 0.812. The maximum atomic E-state index is 13.4. The van der Waals surface area contributed by atoms with E-state index in [9.17, 15) is 8.78 Å². The molecule has 0 radical (unpaired) electrons. The zero-order chi connectivity index (χ0) is 11.5. The number of benzene rings is 1. The number of hydrogen-bond donors (Lipinski definition) is 1. The Morgan fingerprint density at radius 2 is 2.12 bits per heavy atom. The van der Waals surface area contributed by atoms with Crippen molar-refractivity contribution in [1.29, 1.82) is 0 Å². The predicted molar refractivity (Wildman–Crippen MR) is 60.3 cm³/mol. The van der Waals surface area contributed by atoms with E-state index in [0.29, 0.717) is 18.0 Å². The second kappa shape index (κ2) is 4.91. The van der Waals surface area contributed by atoms with Crippen molar-refractivity contribution < 1.29 is 8.78 Å². The number of halogens is 2. The summed E-state index contributed by atoms with van der Waals surface area (Å²) in [5.74, 6) is 0.0810. The maximum Gasteiger partial charge on any atom is 0.126 e. The fourth-order valence-electron chi connectivity index (χ4n) is 2.16. The summed E-state index contributed by atoms with van der Waals surface area (Å²) in [5, 5.41) is 3.25. The minimum atomic E-state index is -0.358. The van der Waals surface area contributed by atoms with Crippen LogP contribution in [-0.4, -0.2) is 13.1 Å². The Kier molecular flexibility index (Phi) is 3.54. The molecular weight excluding hydrogens is 208 g/mol. The van der Waals surface area contributed by atoms with Crippen LogP contribution < -0.4 is 5.32 Å². The highest BCUT2D eigenvalue weighted by Gasteiger charge is 2.29. The maximum absolute atomic E-state index is 13.4. The van der Waals surface area contributed by atoms with Gasteiger partial charge in [0.2, 0.25) is 0 Å². The molecule has 0 aliphatic heterocycles. The van der Waals surface area contributed by atoms with E-state index < -0.39 is 0 Å². The topological polar surface area (TPSA) is 12.0 Å². The van der Waals surface area contributed by atoms with Gasteiger partial charge in [-0.2, -0.15) is 0 Å². The molecule has 1 aliphatic carbocycles. The zero-order valence-corrected chi connectivity index (χ0v) is 9.47. The van der Waals surface area contributed by atoms with Crippen molar-refractivity contribution in [2.24, 2.45) is 5.92 Å². The molecule has 88 valence electrons. The smallest absolute Gasteiger partial charge is 0.126 e. The van der Waals surface area contributed by atoms with Gasteiger partial charge in [-0.3, -0.25) is 0 Å². The summed E-state index contributed by atoms with van der Waals surface area (Å²) in [5.41, 5.74) is 0.487. The number of nitrogens with one attached hydrogen (secondary N) is 1. The van der Waals surface area contributed by atoms with Crippen molar-refractivity contribution in [3.63, 3.8) is 0 Å². The van der Waals surface area contributed by atoms with Crippen LogP contribution in [0.3, 0.4) is 0 Å². The van der Waals surface area contributed by atoms with Gasteiger partial charge in [-0.25, -0.2) is 8.78 Å². The molecule has 1 atom stereocenters. The van der Waals surface area contributed by atoms with Crippen LogP contribution in [0.15, 0.2) is 18.2 Å². The second-order valence-electron chi connectivity index (χ2n) is 4.51. The molecule has 1 fully saturated rings. The van der Waals surface area contributed by atoms with Gasteiger partial charge < -0.3 is 5.32 Å². The first-order valence-electron chi connectivity index (χ1n) is 5.82. The van der Waals surface area contributed by atoms with Crippen LogP contribution in [0.5, 0.6) is 0 Å². The molecule has 1 aromatic rings. The highest BCUT2D eigenvalue weighted by atomic mass is 19.1. The number of rotatable bonds is 5. The van der Waals surface area contributed by atoms with Crippen LogP contribution in [-0.2, 0) is 6.42 Å². The van der Waals surface area contributed by atoms with Crippen molar-refractivity contribution in [3.05, 3.63) is 35.4 Å². The molecule has 1 nitrogen and oxygen atoms in total. The first-order chi connectivity index (χ1) is 7.70. The zero-order valence-electron chi connectivity index (χ0n) is 9.47. The molecule has 0 aromatic heterocycles. The Morgan fingerprint density at radius 3 is 2.75 bits per heavy atom. The highest BCUT2D eigenvalue weighted by molar-refractivity contribution is 5.19. The van der Waals surface area contributed by atoms with Crippen LogP contribution in [0.1, 0.15) is 24.8 Å². The highest BCUT2D eigenvalue weighted by Crippen LogP contribution is 2.34. The fourth-order valence-corrected chi connectivity index (χ4v) is 2.16. The lowest BCUT2D eigenvalue weighted by Gasteiger charge is -2.15. The Balaban J connectivity index is 1.95. The normalized spacial score (nSPS) is 17.4. The molecule has 1 unspecified atom stereocenters. The van der Waals surface area contributed by atoms with E-state index in [1.807, 2.05) is 7.05 Å². The number of hydrogen-bond acceptors (Lipinski definition) is 1. The van der Waals surface area contributed by atoms with E-state index in [1.54, 1.807) is 0 Å². The summed E-state index contributed by atoms with van der Waals surface area (Å²) in [4.78, 5) is 0. The van der Waals surface area contributed by atoms with Crippen molar-refractivity contribution in [2.75, 3.05) is 7.05 Å². The summed E-state index contributed by atoms with van der Waals surface area (Å²) in [6.45, 7) is 0. The van der Waals surface area contributed by atoms with Crippen LogP contribution in [0.4, 0.5) is 8.78 Å². The lowest BCUT2D eigenvalue weighted by atomic mass is 10.0. The Morgan fingerprint density at radius 1 is 1.38 bits per heavy atom. The van der Waals surface area contributed by atoms with E-state index >= 15 is 0 Å². The van der Waals surface area contributed by atoms with Crippen molar-refractivity contribution >= 4 is 0 Å². The third kappa shape index (κ3) is 2.79. The molecule has 0 saturated heterocycles. The first kappa shape index (κ1) is 11.5. The van der Waals surface area contributed by atoms with Gasteiger partial charge in [-0.15, -0.1) is 0 Å². The van der Waals surface area contributed by atoms with Crippen LogP contribution in [0.25, 0.3) is 0 Å². The summed E-state index contributed by atoms with van der Waals surface area (Å²) in [6, 6.07) is 4.11. The van der Waals surface area contributed by atoms with Crippen LogP contribution in [0, 0.1) is 17.6 Å². The molecule has 0 spiro atoms. The molecule has 3 heteroatoms. The molecule has 0 bridgehead atoms. The summed E-state index contributed by atoms with van der Waals surface area (Å²) in [6.07, 6.45) is 4.00. The summed E-state index contributed by atoms with van der Waals surface area (Å²) in [7, 11) is 1.94. The average molecular weight is 225 g/mol. The monoisotopic (exact) mass is 225 g/mol. The summed E-state index contributed by atoms with van der Waals surface area (Å²) >= 11 is 0. The van der Waals surface area contributed by atoms with Crippen molar-refractivity contribution in [3.8, 4) is 0 Å². The predicted octanol–water partition coefficient (Wildman–Crippen LogP) is 2.90. The van der Waals surface area contributed by atoms with Gasteiger partial charge in [0.1, 0.15) is 11.6 Å². The molecule has 16 heavy (non-hydrogen) atoms. The Bertz CT molecular complexity index is 361. The van der Waals surface area contributed by atoms with Gasteiger partial charge in [0.15, 0.2) is 0 Å². The van der Waals surface area contributed by atoms with Crippen molar-refractivity contribution in [2.45, 2.75) is 31.7 Å². The average Bonchev–Trinajstić information content (AvgIpc) is 3.08. The minimum absolute atomic E-state index is 0.299. The van der Waals surface area contributed by atoms with Gasteiger partial charge in [0, 0.05) is 6.04 Å². The third-order valence-corrected chi connectivity index (χ3v) is 3.29. The van der Waals surface area contributed by atoms with Gasteiger partial charge >= 0.3 is 0 Å². The Labute approximate surface area is 94.9 Å². The molecule has 0 heterocycles. The van der Waals surface area contributed by atoms with Crippen LogP contribution >= 0.6 is 0 Å². The van der Waals surface area contributed by atoms with E-state index in [0.717, 1.165) is 18.4 Å². The third-order valence-electron chi connectivity index (χ3n) is 3.29. The summed E-state index contributed by atoms with van der Waals surface area (Å²) < 4.78 is 26.3. The molecule has 0 amide bonds. The van der Waals surface area contributed by atoms with Gasteiger partial charge in [0.25, 0.3) is 0 Å². The Hall–Kier alpha value is -0.960. The molecule has 1 aliphatic rings. The van der Waals surface area contributed by atoms with Gasteiger partial charge in [-0.05, 0) is 62.4 Å². The van der Waals surface area contributed by atoms with E-state index in [2.05, 4.69) is 5.32 Å². The van der Waals surface area contributed by atoms with Crippen LogP contribution in [0.2, 0.25) is 0 Å². The van der Waals surface area contributed by atoms with Crippen molar-refractivity contribution in [1.82, 2.24) is 5.32 Å². The molecule has 1 saturated carbocycles. The lowest BCUT2D eigenvalue weighted by Crippen LogP contribution is -2.27. The van der Waals surface area contributed by atoms with E-state index in [1.165, 1.54) is 25.0 Å². The van der Waals surface area contributed by atoms with E-state index in [-0.39, 0.29) is 11.6 Å². The molecule has 2 rings (SSSR count). The van der Waals surface area contributed by atoms with Gasteiger partial charge in [-0.1, -0.05) is 0 Å². The van der Waals surface area contributed by atoms with E-state index in [4.69, 9.17) is 0 Å². The second-order valence-corrected chi connectivity index (χ2v) is 4.51. The largest absolute Gasteiger partial charge is 0.317 e.